The molecule has 6 nitrogen and oxygen atoms in total. The average molecular weight is 327 g/mol. The molecule has 122 valence electrons. The molecular formula is C15H21NO5S. The third-order valence-electron chi connectivity index (χ3n) is 4.46. The van der Waals surface area contributed by atoms with E-state index in [0.29, 0.717) is 11.7 Å². The topological polar surface area (TPSA) is 88.8 Å². The fraction of sp³-hybridized carbons (Fsp3) is 0.600. The van der Waals surface area contributed by atoms with Crippen LogP contribution in [0, 0.1) is 5.41 Å². The Balaban J connectivity index is 2.20. The molecule has 0 aliphatic heterocycles. The van der Waals surface area contributed by atoms with Crippen molar-refractivity contribution in [3.05, 3.63) is 17.9 Å². The minimum Gasteiger partial charge on any atom is -0.479 e. The lowest BCUT2D eigenvalue weighted by atomic mass is 9.54. The normalized spacial score (nSPS) is 26.3. The number of carboxylic acids is 1. The van der Waals surface area contributed by atoms with Crippen LogP contribution in [0.5, 0.6) is 0 Å². The molecule has 0 saturated heterocycles. The molecule has 1 fully saturated rings. The maximum absolute atomic E-state index is 12.3. The Hall–Kier alpha value is -1.47. The molecule has 2 N–H and O–H groups in total. The molecule has 22 heavy (non-hydrogen) atoms. The maximum Gasteiger partial charge on any atom is 0.330 e. The van der Waals surface area contributed by atoms with Gasteiger partial charge in [-0.1, -0.05) is 25.6 Å². The zero-order chi connectivity index (χ0) is 16.5. The highest BCUT2D eigenvalue weighted by Crippen LogP contribution is 2.51. The third kappa shape index (κ3) is 2.52. The quantitative estimate of drug-likeness (QED) is 0.780. The Morgan fingerprint density at radius 2 is 2.18 bits per heavy atom. The van der Waals surface area contributed by atoms with Gasteiger partial charge in [0.1, 0.15) is 5.54 Å². The van der Waals surface area contributed by atoms with Crippen molar-refractivity contribution in [2.24, 2.45) is 5.41 Å². The van der Waals surface area contributed by atoms with E-state index < -0.39 is 22.8 Å². The number of nitrogens with one attached hydrogen (secondary N) is 1. The first-order chi connectivity index (χ1) is 10.3. The number of rotatable bonds is 6. The van der Waals surface area contributed by atoms with Gasteiger partial charge in [-0.25, -0.2) is 4.79 Å². The highest BCUT2D eigenvalue weighted by molar-refractivity contribution is 7.98. The van der Waals surface area contributed by atoms with Gasteiger partial charge in [0.05, 0.1) is 6.10 Å². The van der Waals surface area contributed by atoms with Gasteiger partial charge >= 0.3 is 5.97 Å². The van der Waals surface area contributed by atoms with Crippen LogP contribution in [0.1, 0.15) is 37.7 Å². The molecule has 0 radical (unpaired) electrons. The Bertz CT molecular complexity index is 582. The van der Waals surface area contributed by atoms with E-state index in [1.165, 1.54) is 11.8 Å². The number of furan rings is 1. The summed E-state index contributed by atoms with van der Waals surface area (Å²) in [4.78, 5) is 24.1. The molecular weight excluding hydrogens is 306 g/mol. The van der Waals surface area contributed by atoms with Gasteiger partial charge in [0.15, 0.2) is 10.9 Å². The summed E-state index contributed by atoms with van der Waals surface area (Å²) < 4.78 is 10.9. The molecule has 1 saturated carbocycles. The number of aliphatic carboxylic acids is 1. The van der Waals surface area contributed by atoms with Gasteiger partial charge < -0.3 is 19.6 Å². The van der Waals surface area contributed by atoms with Crippen LogP contribution in [0.3, 0.4) is 0 Å². The van der Waals surface area contributed by atoms with Crippen LogP contribution >= 0.6 is 11.8 Å². The summed E-state index contributed by atoms with van der Waals surface area (Å²) in [6, 6.07) is 3.23. The Morgan fingerprint density at radius 3 is 2.64 bits per heavy atom. The van der Waals surface area contributed by atoms with Crippen LogP contribution in [0.2, 0.25) is 0 Å². The molecule has 0 bridgehead atoms. The van der Waals surface area contributed by atoms with Crippen LogP contribution in [0.15, 0.2) is 21.6 Å². The minimum absolute atomic E-state index is 0.112. The fourth-order valence-electron chi connectivity index (χ4n) is 2.84. The van der Waals surface area contributed by atoms with Gasteiger partial charge in [-0.05, 0) is 25.3 Å². The molecule has 1 aliphatic rings. The van der Waals surface area contributed by atoms with Crippen LogP contribution in [0.4, 0.5) is 0 Å². The van der Waals surface area contributed by atoms with E-state index in [2.05, 4.69) is 5.32 Å². The van der Waals surface area contributed by atoms with Gasteiger partial charge in [0, 0.05) is 18.4 Å². The number of carbonyl (C=O) groups is 2. The second-order valence-corrected chi connectivity index (χ2v) is 6.67. The molecule has 2 rings (SSSR count). The number of hydrogen-bond donors (Lipinski definition) is 2. The summed E-state index contributed by atoms with van der Waals surface area (Å²) in [6.45, 7) is 5.95. The highest BCUT2D eigenvalue weighted by atomic mass is 32.2. The van der Waals surface area contributed by atoms with E-state index in [-0.39, 0.29) is 18.3 Å². The molecule has 1 amide bonds. The first-order valence-electron chi connectivity index (χ1n) is 7.10. The molecule has 1 aromatic rings. The number of ether oxygens (including phenoxy) is 1. The summed E-state index contributed by atoms with van der Waals surface area (Å²) in [7, 11) is 0. The Kier molecular flexibility index (Phi) is 4.58. The lowest BCUT2D eigenvalue weighted by molar-refractivity contribution is -0.190. The Labute approximate surface area is 133 Å². The van der Waals surface area contributed by atoms with Crippen molar-refractivity contribution < 1.29 is 23.8 Å². The lowest BCUT2D eigenvalue weighted by Crippen LogP contribution is -2.76. The van der Waals surface area contributed by atoms with E-state index in [9.17, 15) is 14.7 Å². The van der Waals surface area contributed by atoms with Crippen LogP contribution in [-0.4, -0.2) is 41.5 Å². The van der Waals surface area contributed by atoms with Crippen LogP contribution in [-0.2, 0) is 9.53 Å². The van der Waals surface area contributed by atoms with E-state index in [1.54, 1.807) is 26.0 Å². The first-order valence-corrected chi connectivity index (χ1v) is 8.32. The third-order valence-corrected chi connectivity index (χ3v) is 5.08. The number of amides is 1. The van der Waals surface area contributed by atoms with Crippen molar-refractivity contribution in [2.45, 2.75) is 43.9 Å². The van der Waals surface area contributed by atoms with Crippen LogP contribution < -0.4 is 5.32 Å². The van der Waals surface area contributed by atoms with E-state index in [0.717, 1.165) is 0 Å². The lowest BCUT2D eigenvalue weighted by Gasteiger charge is -2.58. The molecule has 1 heterocycles. The second-order valence-electron chi connectivity index (χ2n) is 5.86. The molecule has 0 aromatic carbocycles. The molecule has 7 heteroatoms. The van der Waals surface area contributed by atoms with Gasteiger partial charge in [-0.15, -0.1) is 0 Å². The molecule has 2 atom stereocenters. The summed E-state index contributed by atoms with van der Waals surface area (Å²) in [5.74, 6) is -1.47. The van der Waals surface area contributed by atoms with Gasteiger partial charge in [-0.3, -0.25) is 4.79 Å². The van der Waals surface area contributed by atoms with Gasteiger partial charge in [0.2, 0.25) is 0 Å². The number of hydrogen-bond acceptors (Lipinski definition) is 5. The van der Waals surface area contributed by atoms with Crippen molar-refractivity contribution in [2.75, 3.05) is 12.9 Å². The smallest absolute Gasteiger partial charge is 0.330 e. The van der Waals surface area contributed by atoms with Crippen molar-refractivity contribution in [1.29, 1.82) is 0 Å². The monoisotopic (exact) mass is 327 g/mol. The van der Waals surface area contributed by atoms with Crippen LogP contribution in [0.25, 0.3) is 0 Å². The van der Waals surface area contributed by atoms with Gasteiger partial charge in [0.25, 0.3) is 5.91 Å². The Morgan fingerprint density at radius 1 is 1.50 bits per heavy atom. The van der Waals surface area contributed by atoms with Crippen molar-refractivity contribution in [3.8, 4) is 0 Å². The van der Waals surface area contributed by atoms with E-state index in [1.807, 2.05) is 13.2 Å². The molecule has 2 unspecified atom stereocenters. The summed E-state index contributed by atoms with van der Waals surface area (Å²) in [6.07, 6.45) is 1.87. The second kappa shape index (κ2) is 5.96. The SMILES string of the molecule is CCOC1CC(NC(=O)c2ccc(SC)o2)(C(=O)O)C1(C)C. The van der Waals surface area contributed by atoms with Gasteiger partial charge in [-0.2, -0.15) is 0 Å². The summed E-state index contributed by atoms with van der Waals surface area (Å²) in [5.41, 5.74) is -2.06. The predicted octanol–water partition coefficient (Wildman–Crippen LogP) is 2.39. The fourth-order valence-corrected chi connectivity index (χ4v) is 3.22. The number of thioether (sulfide) groups is 1. The van der Waals surface area contributed by atoms with E-state index >= 15 is 0 Å². The zero-order valence-electron chi connectivity index (χ0n) is 13.1. The molecule has 1 aliphatic carbocycles. The largest absolute Gasteiger partial charge is 0.479 e. The standard InChI is InChI=1S/C15H21NO5S/c1-5-20-10-8-15(13(18)19,14(10,2)3)16-12(17)9-6-7-11(21-9)22-4/h6-7,10H,5,8H2,1-4H3,(H,16,17)(H,18,19). The van der Waals surface area contributed by atoms with Crippen molar-refractivity contribution in [3.63, 3.8) is 0 Å². The number of carboxylic acid groups (broad SMARTS) is 1. The van der Waals surface area contributed by atoms with E-state index in [4.69, 9.17) is 9.15 Å². The van der Waals surface area contributed by atoms with Crippen molar-refractivity contribution in [1.82, 2.24) is 5.32 Å². The molecule has 1 aromatic heterocycles. The summed E-state index contributed by atoms with van der Waals surface area (Å²) in [5, 5.41) is 12.9. The first kappa shape index (κ1) is 16.9. The number of carbonyl (C=O) groups excluding carboxylic acids is 1. The predicted molar refractivity (Wildman–Crippen MR) is 82.1 cm³/mol. The average Bonchev–Trinajstić information content (AvgIpc) is 2.94. The van der Waals surface area contributed by atoms with Crippen molar-refractivity contribution >= 4 is 23.6 Å². The maximum atomic E-state index is 12.3. The minimum atomic E-state index is -1.35. The zero-order valence-corrected chi connectivity index (χ0v) is 14.0. The highest BCUT2D eigenvalue weighted by Gasteiger charge is 2.66. The summed E-state index contributed by atoms with van der Waals surface area (Å²) >= 11 is 1.37. The molecule has 0 spiro atoms.